The largest absolute Gasteiger partial charge is 0.378 e. The maximum Gasteiger partial charge on any atom is 0.162 e. The normalized spacial score (nSPS) is 44.9. The summed E-state index contributed by atoms with van der Waals surface area (Å²) in [6, 6.07) is 0. The molecule has 5 rings (SSSR count). The van der Waals surface area contributed by atoms with E-state index in [9.17, 15) is 9.90 Å². The molecule has 4 aliphatic rings. The highest BCUT2D eigenvalue weighted by atomic mass is 35.5. The van der Waals surface area contributed by atoms with Gasteiger partial charge in [-0.3, -0.25) is 4.79 Å². The first-order chi connectivity index (χ1) is 14.4. The molecule has 1 aromatic heterocycles. The zero-order valence-corrected chi connectivity index (χ0v) is 18.4. The lowest BCUT2D eigenvalue weighted by molar-refractivity contribution is -0.132. The van der Waals surface area contributed by atoms with E-state index in [1.165, 1.54) is 30.4 Å². The number of tetrazole rings is 1. The van der Waals surface area contributed by atoms with Gasteiger partial charge in [0, 0.05) is 11.3 Å². The van der Waals surface area contributed by atoms with Gasteiger partial charge in [-0.25, -0.2) is 0 Å². The Balaban J connectivity index is 1.31. The van der Waals surface area contributed by atoms with E-state index in [0.29, 0.717) is 17.8 Å². The smallest absolute Gasteiger partial charge is 0.162 e. The first-order valence-electron chi connectivity index (χ1n) is 11.5. The summed E-state index contributed by atoms with van der Waals surface area (Å²) in [5.74, 6) is 6.59. The summed E-state index contributed by atoms with van der Waals surface area (Å²) in [4.78, 5) is 14.5. The van der Waals surface area contributed by atoms with E-state index in [4.69, 9.17) is 11.6 Å². The molecule has 6 nitrogen and oxygen atoms in total. The second-order valence-corrected chi connectivity index (χ2v) is 10.7. The van der Waals surface area contributed by atoms with Crippen LogP contribution in [0.5, 0.6) is 0 Å². The predicted molar refractivity (Wildman–Crippen MR) is 112 cm³/mol. The zero-order valence-electron chi connectivity index (χ0n) is 17.6. The maximum atomic E-state index is 13.1. The third-order valence-corrected chi connectivity index (χ3v) is 9.46. The fraction of sp³-hybridized carbons (Fsp3) is 0.826. The number of hydrogen-bond acceptors (Lipinski definition) is 5. The highest BCUT2D eigenvalue weighted by molar-refractivity contribution is 6.30. The Labute approximate surface area is 183 Å². The maximum absolute atomic E-state index is 13.1. The number of carbonyl (C=O) groups is 1. The van der Waals surface area contributed by atoms with Crippen LogP contribution < -0.4 is 0 Å². The molecule has 4 saturated carbocycles. The van der Waals surface area contributed by atoms with E-state index in [0.717, 1.165) is 50.4 Å². The number of fused-ring (bicyclic) bond motifs is 5. The average molecular weight is 431 g/mol. The quantitative estimate of drug-likeness (QED) is 0.743. The van der Waals surface area contributed by atoms with Crippen LogP contribution in [0, 0.1) is 52.2 Å². The van der Waals surface area contributed by atoms with Gasteiger partial charge in [0.15, 0.2) is 12.1 Å². The lowest BCUT2D eigenvalue weighted by Gasteiger charge is -2.56. The molecule has 1 heterocycles. The van der Waals surface area contributed by atoms with E-state index in [1.807, 2.05) is 0 Å². The molecule has 0 amide bonds. The summed E-state index contributed by atoms with van der Waals surface area (Å²) < 4.78 is 0. The molecular weight excluding hydrogens is 400 g/mol. The molecule has 0 saturated heterocycles. The van der Waals surface area contributed by atoms with Crippen LogP contribution in [-0.2, 0) is 11.3 Å². The highest BCUT2D eigenvalue weighted by Gasteiger charge is 2.58. The van der Waals surface area contributed by atoms with Crippen LogP contribution in [0.4, 0.5) is 0 Å². The number of hydrogen-bond donors (Lipinski definition) is 1. The Morgan fingerprint density at radius 2 is 2.00 bits per heavy atom. The summed E-state index contributed by atoms with van der Waals surface area (Å²) in [7, 11) is 0. The summed E-state index contributed by atoms with van der Waals surface area (Å²) in [6.07, 6.45) is 10.9. The van der Waals surface area contributed by atoms with E-state index in [1.54, 1.807) is 0 Å². The monoisotopic (exact) mass is 430 g/mol. The van der Waals surface area contributed by atoms with E-state index in [2.05, 4.69) is 33.6 Å². The molecular formula is C23H31ClN4O2. The van der Waals surface area contributed by atoms with Crippen molar-refractivity contribution in [1.29, 1.82) is 0 Å². The number of halogens is 1. The van der Waals surface area contributed by atoms with E-state index in [-0.39, 0.29) is 23.7 Å². The van der Waals surface area contributed by atoms with Crippen LogP contribution in [0.25, 0.3) is 0 Å². The Bertz CT molecular complexity index is 864. The van der Waals surface area contributed by atoms with Crippen molar-refractivity contribution in [2.45, 2.75) is 76.9 Å². The number of Topliss-reactive ketones (excluding diaryl/α,β-unsaturated/α-hetero) is 1. The molecule has 30 heavy (non-hydrogen) atoms. The van der Waals surface area contributed by atoms with Crippen LogP contribution in [0.2, 0.25) is 0 Å². The molecule has 7 heteroatoms. The van der Waals surface area contributed by atoms with Crippen molar-refractivity contribution in [2.24, 2.45) is 40.9 Å². The molecule has 1 N–H and O–H groups in total. The van der Waals surface area contributed by atoms with Crippen molar-refractivity contribution in [3.8, 4) is 11.3 Å². The van der Waals surface area contributed by atoms with E-state index < -0.39 is 5.60 Å². The molecule has 0 aliphatic heterocycles. The SMILES string of the molecule is C[C@]12CC[C@H]3[C@@H](CC[C@H]4C[C@@](O)(C#CCl)CC[C@@H]43)[C@@H]1CC[C@@H]2C(=O)Cn1ncnn1. The molecule has 0 bridgehead atoms. The molecule has 1 aromatic rings. The minimum Gasteiger partial charge on any atom is -0.378 e. The third kappa shape index (κ3) is 3.29. The van der Waals surface area contributed by atoms with Crippen LogP contribution in [0.1, 0.15) is 64.7 Å². The molecule has 162 valence electrons. The molecule has 0 radical (unpaired) electrons. The third-order valence-electron chi connectivity index (χ3n) is 9.37. The van der Waals surface area contributed by atoms with Gasteiger partial charge in [-0.2, -0.15) is 4.80 Å². The lowest BCUT2D eigenvalue weighted by atomic mass is 9.49. The Kier molecular flexibility index (Phi) is 5.18. The Morgan fingerprint density at radius 1 is 1.17 bits per heavy atom. The van der Waals surface area contributed by atoms with Gasteiger partial charge < -0.3 is 5.11 Å². The van der Waals surface area contributed by atoms with Crippen LogP contribution >= 0.6 is 11.6 Å². The van der Waals surface area contributed by atoms with Crippen molar-refractivity contribution in [2.75, 3.05) is 0 Å². The number of ketones is 1. The number of rotatable bonds is 3. The van der Waals surface area contributed by atoms with Gasteiger partial charge in [-0.05, 0) is 110 Å². The zero-order chi connectivity index (χ0) is 20.9. The first-order valence-corrected chi connectivity index (χ1v) is 11.9. The van der Waals surface area contributed by atoms with Gasteiger partial charge in [0.25, 0.3) is 0 Å². The van der Waals surface area contributed by atoms with Crippen LogP contribution in [0.3, 0.4) is 0 Å². The number of aromatic nitrogens is 4. The summed E-state index contributed by atoms with van der Waals surface area (Å²) in [5.41, 5.74) is -0.787. The van der Waals surface area contributed by atoms with Gasteiger partial charge in [-0.15, -0.1) is 10.2 Å². The Hall–Kier alpha value is -1.45. The van der Waals surface area contributed by atoms with Gasteiger partial charge in [-0.1, -0.05) is 12.8 Å². The molecule has 8 atom stereocenters. The predicted octanol–water partition coefficient (Wildman–Crippen LogP) is 3.44. The highest BCUT2D eigenvalue weighted by Crippen LogP contribution is 2.64. The topological polar surface area (TPSA) is 80.9 Å². The molecule has 0 aromatic carbocycles. The average Bonchev–Trinajstić information content (AvgIpc) is 3.34. The molecule has 0 unspecified atom stereocenters. The van der Waals surface area contributed by atoms with Gasteiger partial charge >= 0.3 is 0 Å². The van der Waals surface area contributed by atoms with Crippen molar-refractivity contribution in [1.82, 2.24) is 20.2 Å². The fourth-order valence-corrected chi connectivity index (χ4v) is 8.30. The lowest BCUT2D eigenvalue weighted by Crippen LogP contribution is -2.51. The van der Waals surface area contributed by atoms with Crippen LogP contribution in [-0.4, -0.2) is 36.7 Å². The number of aliphatic hydroxyl groups is 1. The molecule has 4 fully saturated rings. The van der Waals surface area contributed by atoms with Gasteiger partial charge in [0.05, 0.1) is 0 Å². The van der Waals surface area contributed by atoms with Crippen molar-refractivity contribution >= 4 is 17.4 Å². The Morgan fingerprint density at radius 3 is 2.77 bits per heavy atom. The van der Waals surface area contributed by atoms with Crippen molar-refractivity contribution < 1.29 is 9.90 Å². The summed E-state index contributed by atoms with van der Waals surface area (Å²) in [5, 5.41) is 24.9. The second-order valence-electron chi connectivity index (χ2n) is 10.5. The van der Waals surface area contributed by atoms with Gasteiger partial charge in [0.2, 0.25) is 0 Å². The first kappa shape index (κ1) is 20.5. The second kappa shape index (κ2) is 7.60. The summed E-state index contributed by atoms with van der Waals surface area (Å²) in [6.45, 7) is 2.62. The number of nitrogens with zero attached hydrogens (tertiary/aromatic N) is 4. The van der Waals surface area contributed by atoms with Gasteiger partial charge in [0.1, 0.15) is 12.1 Å². The summed E-state index contributed by atoms with van der Waals surface area (Å²) >= 11 is 5.61. The van der Waals surface area contributed by atoms with Crippen LogP contribution in [0.15, 0.2) is 6.33 Å². The molecule has 0 spiro atoms. The minimum absolute atomic E-state index is 0.102. The minimum atomic E-state index is -0.890. The van der Waals surface area contributed by atoms with Crippen molar-refractivity contribution in [3.63, 3.8) is 0 Å². The standard InChI is InChI=1S/C23H31ClN4O2/c1-22-8-6-17-16-7-9-23(30,10-11-24)12-15(16)2-3-18(17)19(22)4-5-20(22)21(29)13-28-26-14-25-27-28/h14-20,30H,2-9,12-13H2,1H3/t15-,16-,17+,18+,19-,20+,22-,23-/m0/s1. The molecule has 4 aliphatic carbocycles. The van der Waals surface area contributed by atoms with Crippen molar-refractivity contribution in [3.05, 3.63) is 6.33 Å². The fourth-order valence-electron chi connectivity index (χ4n) is 8.12. The van der Waals surface area contributed by atoms with E-state index >= 15 is 0 Å². The number of carbonyl (C=O) groups excluding carboxylic acids is 1.